The summed E-state index contributed by atoms with van der Waals surface area (Å²) in [6.45, 7) is 0.534. The van der Waals surface area contributed by atoms with Crippen molar-refractivity contribution in [3.05, 3.63) is 35.9 Å². The minimum Gasteiger partial charge on any atom is -0.215 e. The molecule has 0 aliphatic carbocycles. The van der Waals surface area contributed by atoms with Crippen molar-refractivity contribution in [2.24, 2.45) is 0 Å². The van der Waals surface area contributed by atoms with Crippen LogP contribution in [0.25, 0.3) is 0 Å². The second-order valence-corrected chi connectivity index (χ2v) is 5.49. The maximum Gasteiger partial charge on any atom is 0.211 e. The van der Waals surface area contributed by atoms with Gasteiger partial charge in [0, 0.05) is 6.54 Å². The molecule has 1 aliphatic heterocycles. The van der Waals surface area contributed by atoms with Crippen LogP contribution in [-0.2, 0) is 10.0 Å². The third-order valence-electron chi connectivity index (χ3n) is 2.56. The van der Waals surface area contributed by atoms with Gasteiger partial charge in [0.2, 0.25) is 10.0 Å². The molecule has 4 heteroatoms. The maximum atomic E-state index is 11.1. The van der Waals surface area contributed by atoms with E-state index in [1.54, 1.807) is 0 Å². The fraction of sp³-hybridized carbons (Fsp3) is 0.400. The van der Waals surface area contributed by atoms with Gasteiger partial charge in [0.15, 0.2) is 0 Å². The average molecular weight is 211 g/mol. The lowest BCUT2D eigenvalue weighted by atomic mass is 9.97. The van der Waals surface area contributed by atoms with Crippen LogP contribution in [0.5, 0.6) is 0 Å². The first kappa shape index (κ1) is 9.68. The first-order valence-corrected chi connectivity index (χ1v) is 6.35. The molecule has 2 rings (SSSR count). The highest BCUT2D eigenvalue weighted by molar-refractivity contribution is 7.89. The van der Waals surface area contributed by atoms with Gasteiger partial charge in [-0.05, 0) is 17.9 Å². The second-order valence-electron chi connectivity index (χ2n) is 3.56. The van der Waals surface area contributed by atoms with E-state index in [0.717, 1.165) is 6.42 Å². The maximum absolute atomic E-state index is 11.1. The van der Waals surface area contributed by atoms with E-state index in [9.17, 15) is 8.42 Å². The van der Waals surface area contributed by atoms with Crippen molar-refractivity contribution in [1.29, 1.82) is 0 Å². The monoisotopic (exact) mass is 211 g/mol. The highest BCUT2D eigenvalue weighted by Gasteiger charge is 2.23. The zero-order chi connectivity index (χ0) is 10.0. The summed E-state index contributed by atoms with van der Waals surface area (Å²) in [4.78, 5) is 0. The Morgan fingerprint density at radius 3 is 2.50 bits per heavy atom. The van der Waals surface area contributed by atoms with E-state index < -0.39 is 10.0 Å². The minimum absolute atomic E-state index is 0.243. The molecule has 1 fully saturated rings. The number of rotatable bonds is 1. The summed E-state index contributed by atoms with van der Waals surface area (Å²) < 4.78 is 24.8. The molecule has 1 saturated heterocycles. The lowest BCUT2D eigenvalue weighted by Gasteiger charge is -2.22. The van der Waals surface area contributed by atoms with E-state index in [-0.39, 0.29) is 5.75 Å². The zero-order valence-corrected chi connectivity index (χ0v) is 8.63. The molecule has 0 radical (unpaired) electrons. The van der Waals surface area contributed by atoms with Gasteiger partial charge in [0.1, 0.15) is 0 Å². The van der Waals surface area contributed by atoms with Gasteiger partial charge in [-0.15, -0.1) is 0 Å². The van der Waals surface area contributed by atoms with Gasteiger partial charge in [0.25, 0.3) is 0 Å². The Bertz CT molecular complexity index is 385. The summed E-state index contributed by atoms with van der Waals surface area (Å²) in [5.41, 5.74) is 1.22. The molecular weight excluding hydrogens is 198 g/mol. The quantitative estimate of drug-likeness (QED) is 0.756. The number of benzene rings is 1. The van der Waals surface area contributed by atoms with Crippen LogP contribution in [0.4, 0.5) is 0 Å². The van der Waals surface area contributed by atoms with E-state index in [0.29, 0.717) is 12.5 Å². The number of hydrogen-bond donors (Lipinski definition) is 1. The summed E-state index contributed by atoms with van der Waals surface area (Å²) in [6, 6.07) is 10.0. The summed E-state index contributed by atoms with van der Waals surface area (Å²) in [6.07, 6.45) is 0.722. The SMILES string of the molecule is O=S1(=O)CCC(c2ccccc2)CN1. The summed E-state index contributed by atoms with van der Waals surface area (Å²) >= 11 is 0. The number of sulfonamides is 1. The van der Waals surface area contributed by atoms with Crippen LogP contribution in [0.15, 0.2) is 30.3 Å². The number of nitrogens with one attached hydrogen (secondary N) is 1. The normalized spacial score (nSPS) is 25.9. The predicted octanol–water partition coefficient (Wildman–Crippen LogP) is 1.09. The molecule has 14 heavy (non-hydrogen) atoms. The van der Waals surface area contributed by atoms with Crippen molar-refractivity contribution in [2.45, 2.75) is 12.3 Å². The Kier molecular flexibility index (Phi) is 2.56. The molecule has 1 aromatic carbocycles. The van der Waals surface area contributed by atoms with Crippen molar-refractivity contribution < 1.29 is 8.42 Å². The van der Waals surface area contributed by atoms with Crippen molar-refractivity contribution in [3.63, 3.8) is 0 Å². The standard InChI is InChI=1S/C10H13NO2S/c12-14(13)7-6-10(8-11-14)9-4-2-1-3-5-9/h1-5,10-11H,6-8H2. The van der Waals surface area contributed by atoms with E-state index >= 15 is 0 Å². The highest BCUT2D eigenvalue weighted by Crippen LogP contribution is 2.22. The van der Waals surface area contributed by atoms with E-state index in [2.05, 4.69) is 4.72 Å². The van der Waals surface area contributed by atoms with Crippen LogP contribution in [0.1, 0.15) is 17.9 Å². The largest absolute Gasteiger partial charge is 0.215 e. The van der Waals surface area contributed by atoms with Gasteiger partial charge < -0.3 is 0 Å². The smallest absolute Gasteiger partial charge is 0.211 e. The molecule has 76 valence electrons. The van der Waals surface area contributed by atoms with Gasteiger partial charge >= 0.3 is 0 Å². The van der Waals surface area contributed by atoms with Crippen LogP contribution >= 0.6 is 0 Å². The first-order chi connectivity index (χ1) is 6.67. The molecule has 0 aromatic heterocycles. The molecule has 0 saturated carbocycles. The van der Waals surface area contributed by atoms with Crippen molar-refractivity contribution in [2.75, 3.05) is 12.3 Å². The molecule has 1 heterocycles. The molecule has 1 unspecified atom stereocenters. The predicted molar refractivity (Wildman–Crippen MR) is 55.6 cm³/mol. The third kappa shape index (κ3) is 2.13. The topological polar surface area (TPSA) is 46.2 Å². The Balaban J connectivity index is 2.10. The molecule has 0 spiro atoms. The highest BCUT2D eigenvalue weighted by atomic mass is 32.2. The molecule has 1 aliphatic rings. The van der Waals surface area contributed by atoms with Crippen LogP contribution < -0.4 is 4.72 Å². The molecule has 1 atom stereocenters. The molecular formula is C10H13NO2S. The molecule has 3 nitrogen and oxygen atoms in total. The molecule has 0 bridgehead atoms. The minimum atomic E-state index is -2.97. The van der Waals surface area contributed by atoms with Crippen molar-refractivity contribution >= 4 is 10.0 Å². The van der Waals surface area contributed by atoms with Crippen LogP contribution in [0.2, 0.25) is 0 Å². The van der Waals surface area contributed by atoms with Gasteiger partial charge in [-0.2, -0.15) is 0 Å². The summed E-state index contributed by atoms with van der Waals surface area (Å²) in [5, 5.41) is 0. The molecule has 1 N–H and O–H groups in total. The fourth-order valence-electron chi connectivity index (χ4n) is 1.71. The third-order valence-corrected chi connectivity index (χ3v) is 3.94. The second kappa shape index (κ2) is 3.71. The van der Waals surface area contributed by atoms with E-state index in [1.807, 2.05) is 30.3 Å². The fourth-order valence-corrected chi connectivity index (χ4v) is 2.90. The van der Waals surface area contributed by atoms with Gasteiger partial charge in [0.05, 0.1) is 5.75 Å². The lowest BCUT2D eigenvalue weighted by Crippen LogP contribution is -2.36. The summed E-state index contributed by atoms with van der Waals surface area (Å²) in [5.74, 6) is 0.576. The van der Waals surface area contributed by atoms with Crippen molar-refractivity contribution in [1.82, 2.24) is 4.72 Å². The Labute approximate surface area is 84.2 Å². The van der Waals surface area contributed by atoms with Gasteiger partial charge in [-0.3, -0.25) is 0 Å². The molecule has 0 amide bonds. The van der Waals surface area contributed by atoms with Crippen LogP contribution in [0, 0.1) is 0 Å². The van der Waals surface area contributed by atoms with Crippen LogP contribution in [0.3, 0.4) is 0 Å². The van der Waals surface area contributed by atoms with Gasteiger partial charge in [-0.1, -0.05) is 30.3 Å². The zero-order valence-electron chi connectivity index (χ0n) is 7.81. The summed E-state index contributed by atoms with van der Waals surface area (Å²) in [7, 11) is -2.97. The van der Waals surface area contributed by atoms with Gasteiger partial charge in [-0.25, -0.2) is 13.1 Å². The lowest BCUT2D eigenvalue weighted by molar-refractivity contribution is 0.536. The van der Waals surface area contributed by atoms with Crippen LogP contribution in [-0.4, -0.2) is 20.7 Å². The number of hydrogen-bond acceptors (Lipinski definition) is 2. The van der Waals surface area contributed by atoms with E-state index in [4.69, 9.17) is 0 Å². The Morgan fingerprint density at radius 1 is 1.21 bits per heavy atom. The molecule has 1 aromatic rings. The average Bonchev–Trinajstić information content (AvgIpc) is 2.19. The van der Waals surface area contributed by atoms with Crippen molar-refractivity contribution in [3.8, 4) is 0 Å². The Hall–Kier alpha value is -0.870. The Morgan fingerprint density at radius 2 is 1.93 bits per heavy atom. The van der Waals surface area contributed by atoms with E-state index in [1.165, 1.54) is 5.56 Å². The first-order valence-electron chi connectivity index (χ1n) is 4.70.